The Kier molecular flexibility index (Phi) is 11.7. The second-order valence-electron chi connectivity index (χ2n) is 11.5. The van der Waals surface area contributed by atoms with Crippen LogP contribution in [0.1, 0.15) is 0 Å². The van der Waals surface area contributed by atoms with Crippen molar-refractivity contribution in [3.05, 3.63) is 218 Å². The van der Waals surface area contributed by atoms with E-state index in [0.29, 0.717) is 0 Å². The standard InChI is InChI=1S/C29H21.C18H15P.Au/c1-5-13-22(14-6-1)26-21-27(23-15-7-2-8-16-23)29(25-19-11-4-12-20-25)28(26)24-17-9-3-10-18-24;1-4-10-16(11-5-1)19(17-12-6-2-7-13-17)18-14-8-3-9-15-18;/h1-21H;1-15H;/q-1;;+1. The number of hydrogen-bond acceptors (Lipinski definition) is 0. The van der Waals surface area contributed by atoms with Crippen LogP contribution in [0.4, 0.5) is 0 Å². The molecule has 0 amide bonds. The monoisotopic (exact) mass is 828 g/mol. The molecule has 240 valence electrons. The molecule has 0 spiro atoms. The van der Waals surface area contributed by atoms with E-state index in [2.05, 4.69) is 218 Å². The van der Waals surface area contributed by atoms with Crippen LogP contribution < -0.4 is 15.9 Å². The Morgan fingerprint density at radius 3 is 0.755 bits per heavy atom. The van der Waals surface area contributed by atoms with Crippen LogP contribution in [0.5, 0.6) is 0 Å². The minimum atomic E-state index is -0.446. The van der Waals surface area contributed by atoms with E-state index in [4.69, 9.17) is 0 Å². The van der Waals surface area contributed by atoms with Gasteiger partial charge in [-0.15, -0.1) is 28.3 Å². The molecule has 8 aromatic rings. The van der Waals surface area contributed by atoms with Crippen molar-refractivity contribution in [3.8, 4) is 44.5 Å². The van der Waals surface area contributed by atoms with Crippen LogP contribution in [0.3, 0.4) is 0 Å². The zero-order chi connectivity index (χ0) is 32.4. The quantitative estimate of drug-likeness (QED) is 0.0853. The fourth-order valence-corrected chi connectivity index (χ4v) is 8.54. The molecule has 8 rings (SSSR count). The van der Waals surface area contributed by atoms with Crippen molar-refractivity contribution < 1.29 is 22.4 Å². The first-order valence-electron chi connectivity index (χ1n) is 16.4. The number of rotatable bonds is 7. The molecule has 0 saturated heterocycles. The Hall–Kier alpha value is -4.94. The SMILES string of the molecule is [Au+].c1ccc(-c2[cH-]c(-c3ccccc3)c(-c3ccccc3)c2-c2ccccc2)cc1.c1ccc(P(c2ccccc2)c2ccccc2)cc1. The molecule has 0 saturated carbocycles. The molecule has 8 aromatic carbocycles. The Balaban J connectivity index is 0.000000181. The van der Waals surface area contributed by atoms with Gasteiger partial charge in [0, 0.05) is 0 Å². The molecule has 0 aromatic heterocycles. The number of hydrogen-bond donors (Lipinski definition) is 0. The Morgan fingerprint density at radius 2 is 0.490 bits per heavy atom. The molecule has 0 nitrogen and oxygen atoms in total. The van der Waals surface area contributed by atoms with Gasteiger partial charge in [-0.3, -0.25) is 0 Å². The maximum Gasteiger partial charge on any atom is 1.00 e. The van der Waals surface area contributed by atoms with E-state index in [9.17, 15) is 0 Å². The van der Waals surface area contributed by atoms with Gasteiger partial charge in [-0.05, 0) is 23.8 Å². The van der Waals surface area contributed by atoms with Gasteiger partial charge in [0.15, 0.2) is 0 Å². The summed E-state index contributed by atoms with van der Waals surface area (Å²) in [6, 6.07) is 77.6. The van der Waals surface area contributed by atoms with Gasteiger partial charge in [0.25, 0.3) is 0 Å². The van der Waals surface area contributed by atoms with Gasteiger partial charge in [-0.2, -0.15) is 0 Å². The molecular weight excluding hydrogens is 792 g/mol. The summed E-state index contributed by atoms with van der Waals surface area (Å²) in [4.78, 5) is 0. The average molecular weight is 829 g/mol. The van der Waals surface area contributed by atoms with Crippen LogP contribution in [-0.4, -0.2) is 0 Å². The Bertz CT molecular complexity index is 1940. The third-order valence-electron chi connectivity index (χ3n) is 8.42. The van der Waals surface area contributed by atoms with Crippen molar-refractivity contribution in [2.45, 2.75) is 0 Å². The van der Waals surface area contributed by atoms with Gasteiger partial charge >= 0.3 is 22.4 Å². The molecule has 2 heteroatoms. The summed E-state index contributed by atoms with van der Waals surface area (Å²) in [6.07, 6.45) is 0. The van der Waals surface area contributed by atoms with E-state index < -0.39 is 7.92 Å². The van der Waals surface area contributed by atoms with E-state index in [1.54, 1.807) is 0 Å². The Morgan fingerprint density at radius 1 is 0.265 bits per heavy atom. The predicted molar refractivity (Wildman–Crippen MR) is 209 cm³/mol. The van der Waals surface area contributed by atoms with Gasteiger partial charge in [0.2, 0.25) is 0 Å². The van der Waals surface area contributed by atoms with E-state index >= 15 is 0 Å². The van der Waals surface area contributed by atoms with E-state index in [1.165, 1.54) is 60.4 Å². The summed E-state index contributed by atoms with van der Waals surface area (Å²) >= 11 is 0. The van der Waals surface area contributed by atoms with E-state index in [1.807, 2.05) is 0 Å². The van der Waals surface area contributed by atoms with Gasteiger partial charge in [0.05, 0.1) is 0 Å². The molecule has 0 aliphatic rings. The Labute approximate surface area is 307 Å². The van der Waals surface area contributed by atoms with Crippen LogP contribution in [0.2, 0.25) is 0 Å². The topological polar surface area (TPSA) is 0 Å². The maximum absolute atomic E-state index is 2.36. The average Bonchev–Trinajstić information content (AvgIpc) is 3.59. The fourth-order valence-electron chi connectivity index (χ4n) is 6.24. The largest absolute Gasteiger partial charge is 1.00 e. The van der Waals surface area contributed by atoms with Crippen LogP contribution >= 0.6 is 7.92 Å². The maximum atomic E-state index is 2.36. The molecular formula is C47H36AuP. The summed E-state index contributed by atoms with van der Waals surface area (Å²) in [6.45, 7) is 0. The predicted octanol–water partition coefficient (Wildman–Crippen LogP) is 11.5. The zero-order valence-corrected chi connectivity index (χ0v) is 30.1. The minimum Gasteiger partial charge on any atom is -0.125 e. The molecule has 0 radical (unpaired) electrons. The fraction of sp³-hybridized carbons (Fsp3) is 0. The third kappa shape index (κ3) is 8.03. The first-order valence-corrected chi connectivity index (χ1v) is 17.7. The first-order chi connectivity index (χ1) is 23.9. The summed E-state index contributed by atoms with van der Waals surface area (Å²) in [5, 5.41) is 4.19. The van der Waals surface area contributed by atoms with Crippen LogP contribution in [-0.2, 0) is 22.4 Å². The van der Waals surface area contributed by atoms with Crippen molar-refractivity contribution >= 4 is 23.8 Å². The summed E-state index contributed by atoms with van der Waals surface area (Å²) in [7, 11) is -0.446. The van der Waals surface area contributed by atoms with Crippen molar-refractivity contribution in [1.82, 2.24) is 0 Å². The van der Waals surface area contributed by atoms with Crippen molar-refractivity contribution in [2.75, 3.05) is 0 Å². The zero-order valence-electron chi connectivity index (χ0n) is 27.0. The van der Waals surface area contributed by atoms with Gasteiger partial charge in [0.1, 0.15) is 0 Å². The number of benzene rings is 7. The molecule has 0 aliphatic carbocycles. The van der Waals surface area contributed by atoms with Crippen LogP contribution in [0.15, 0.2) is 218 Å². The second kappa shape index (κ2) is 16.9. The van der Waals surface area contributed by atoms with Gasteiger partial charge in [-0.1, -0.05) is 235 Å². The normalized spacial score (nSPS) is 10.5. The second-order valence-corrected chi connectivity index (χ2v) is 13.7. The third-order valence-corrected chi connectivity index (χ3v) is 10.9. The molecule has 49 heavy (non-hydrogen) atoms. The van der Waals surface area contributed by atoms with Crippen LogP contribution in [0, 0.1) is 0 Å². The van der Waals surface area contributed by atoms with Crippen molar-refractivity contribution in [3.63, 3.8) is 0 Å². The molecule has 0 N–H and O–H groups in total. The summed E-state index contributed by atoms with van der Waals surface area (Å²) < 4.78 is 0. The molecule has 0 heterocycles. The molecule has 0 atom stereocenters. The first kappa shape index (κ1) is 33.9. The van der Waals surface area contributed by atoms with Crippen molar-refractivity contribution in [1.29, 1.82) is 0 Å². The van der Waals surface area contributed by atoms with E-state index in [-0.39, 0.29) is 22.4 Å². The van der Waals surface area contributed by atoms with Crippen molar-refractivity contribution in [2.24, 2.45) is 0 Å². The smallest absolute Gasteiger partial charge is 0.125 e. The van der Waals surface area contributed by atoms with Crippen LogP contribution in [0.25, 0.3) is 44.5 Å². The summed E-state index contributed by atoms with van der Waals surface area (Å²) in [5.74, 6) is 0. The molecule has 0 fully saturated rings. The minimum absolute atomic E-state index is 0. The van der Waals surface area contributed by atoms with Gasteiger partial charge < -0.3 is 0 Å². The molecule has 0 aliphatic heterocycles. The summed E-state index contributed by atoms with van der Waals surface area (Å²) in [5.41, 5.74) is 10.1. The van der Waals surface area contributed by atoms with E-state index in [0.717, 1.165) is 0 Å². The molecule has 0 bridgehead atoms. The van der Waals surface area contributed by atoms with Gasteiger partial charge in [-0.25, -0.2) is 0 Å². The molecule has 0 unspecified atom stereocenters.